The van der Waals surface area contributed by atoms with Crippen molar-refractivity contribution in [3.05, 3.63) is 60.4 Å². The standard InChI is InChI=1S/C22H28N4O3/c1-24(2)14-9-15-25(3)19(27)16-26-20(18-12-7-8-13-23-18)21(22(26)28)29-17-10-5-4-6-11-17/h4-8,10-13,20-21H,9,14-16H2,1-3H3. The monoisotopic (exact) mass is 396 g/mol. The van der Waals surface area contributed by atoms with Gasteiger partial charge < -0.3 is 19.4 Å². The van der Waals surface area contributed by atoms with E-state index in [1.807, 2.05) is 62.6 Å². The summed E-state index contributed by atoms with van der Waals surface area (Å²) >= 11 is 0. The van der Waals surface area contributed by atoms with Gasteiger partial charge in [-0.05, 0) is 51.3 Å². The van der Waals surface area contributed by atoms with Gasteiger partial charge in [0.25, 0.3) is 5.91 Å². The highest BCUT2D eigenvalue weighted by molar-refractivity contribution is 5.93. The van der Waals surface area contributed by atoms with Crippen LogP contribution >= 0.6 is 0 Å². The summed E-state index contributed by atoms with van der Waals surface area (Å²) in [6.07, 6.45) is 1.89. The molecule has 3 rings (SSSR count). The minimum atomic E-state index is -0.681. The molecule has 1 aromatic carbocycles. The van der Waals surface area contributed by atoms with Crippen LogP contribution in [-0.4, -0.2) is 78.4 Å². The smallest absolute Gasteiger partial charge is 0.267 e. The Morgan fingerprint density at radius 3 is 2.45 bits per heavy atom. The Labute approximate surface area is 171 Å². The minimum Gasteiger partial charge on any atom is -0.478 e. The van der Waals surface area contributed by atoms with E-state index < -0.39 is 6.10 Å². The molecule has 1 fully saturated rings. The van der Waals surface area contributed by atoms with E-state index in [4.69, 9.17) is 4.74 Å². The summed E-state index contributed by atoms with van der Waals surface area (Å²) in [5, 5.41) is 0. The van der Waals surface area contributed by atoms with E-state index in [2.05, 4.69) is 9.88 Å². The Bertz CT molecular complexity index is 813. The maximum atomic E-state index is 12.8. The van der Waals surface area contributed by atoms with Crippen molar-refractivity contribution in [3.63, 3.8) is 0 Å². The zero-order valence-electron chi connectivity index (χ0n) is 17.2. The number of rotatable bonds is 9. The van der Waals surface area contributed by atoms with Crippen molar-refractivity contribution < 1.29 is 14.3 Å². The second kappa shape index (κ2) is 9.52. The Balaban J connectivity index is 1.68. The van der Waals surface area contributed by atoms with Gasteiger partial charge in [-0.1, -0.05) is 24.3 Å². The van der Waals surface area contributed by atoms with Crippen LogP contribution in [0.15, 0.2) is 54.7 Å². The first-order valence-corrected chi connectivity index (χ1v) is 9.79. The van der Waals surface area contributed by atoms with Crippen molar-refractivity contribution in [2.75, 3.05) is 40.8 Å². The Hall–Kier alpha value is -2.93. The van der Waals surface area contributed by atoms with Crippen LogP contribution in [0.25, 0.3) is 0 Å². The number of amides is 2. The average Bonchev–Trinajstić information content (AvgIpc) is 2.73. The molecule has 0 aliphatic carbocycles. The lowest BCUT2D eigenvalue weighted by Crippen LogP contribution is -2.63. The molecule has 0 saturated carbocycles. The molecular weight excluding hydrogens is 368 g/mol. The lowest BCUT2D eigenvalue weighted by atomic mass is 9.93. The number of β-lactam (4-membered cyclic amide) rings is 1. The van der Waals surface area contributed by atoms with Crippen LogP contribution in [0.5, 0.6) is 5.75 Å². The van der Waals surface area contributed by atoms with Crippen molar-refractivity contribution in [3.8, 4) is 5.75 Å². The molecule has 2 aromatic rings. The second-order valence-electron chi connectivity index (χ2n) is 7.49. The van der Waals surface area contributed by atoms with Crippen molar-refractivity contribution >= 4 is 11.8 Å². The number of ether oxygens (including phenoxy) is 1. The highest BCUT2D eigenvalue weighted by Gasteiger charge is 2.51. The first kappa shape index (κ1) is 20.8. The molecule has 2 atom stereocenters. The molecule has 7 heteroatoms. The SMILES string of the molecule is CN(C)CCCN(C)C(=O)CN1C(=O)C(Oc2ccccc2)C1c1ccccn1. The summed E-state index contributed by atoms with van der Waals surface area (Å²) in [6, 6.07) is 14.4. The Morgan fingerprint density at radius 1 is 1.07 bits per heavy atom. The van der Waals surface area contributed by atoms with E-state index in [-0.39, 0.29) is 24.4 Å². The molecule has 29 heavy (non-hydrogen) atoms. The summed E-state index contributed by atoms with van der Waals surface area (Å²) in [6.45, 7) is 1.58. The van der Waals surface area contributed by atoms with E-state index in [0.717, 1.165) is 18.7 Å². The molecule has 1 aliphatic heterocycles. The van der Waals surface area contributed by atoms with E-state index in [0.29, 0.717) is 12.3 Å². The first-order valence-electron chi connectivity index (χ1n) is 9.79. The lowest BCUT2D eigenvalue weighted by molar-refractivity contribution is -0.167. The number of likely N-dealkylation sites (tertiary alicyclic amines) is 1. The molecule has 7 nitrogen and oxygen atoms in total. The van der Waals surface area contributed by atoms with Gasteiger partial charge in [0.05, 0.1) is 5.69 Å². The van der Waals surface area contributed by atoms with Crippen LogP contribution in [0.1, 0.15) is 18.2 Å². The predicted molar refractivity (Wildman–Crippen MR) is 110 cm³/mol. The van der Waals surface area contributed by atoms with Gasteiger partial charge in [-0.2, -0.15) is 0 Å². The minimum absolute atomic E-state index is 0.0210. The van der Waals surface area contributed by atoms with Crippen LogP contribution in [0.4, 0.5) is 0 Å². The second-order valence-corrected chi connectivity index (χ2v) is 7.49. The fraction of sp³-hybridized carbons (Fsp3) is 0.409. The fourth-order valence-electron chi connectivity index (χ4n) is 3.33. The van der Waals surface area contributed by atoms with Crippen LogP contribution in [0, 0.1) is 0 Å². The highest BCUT2D eigenvalue weighted by atomic mass is 16.5. The Kier molecular flexibility index (Phi) is 6.82. The van der Waals surface area contributed by atoms with E-state index >= 15 is 0 Å². The maximum Gasteiger partial charge on any atom is 0.267 e. The largest absolute Gasteiger partial charge is 0.478 e. The van der Waals surface area contributed by atoms with Gasteiger partial charge in [0.2, 0.25) is 12.0 Å². The molecule has 1 aromatic heterocycles. The Morgan fingerprint density at radius 2 is 1.79 bits per heavy atom. The lowest BCUT2D eigenvalue weighted by Gasteiger charge is -2.46. The summed E-state index contributed by atoms with van der Waals surface area (Å²) in [7, 11) is 5.78. The summed E-state index contributed by atoms with van der Waals surface area (Å²) in [5.41, 5.74) is 0.719. The molecule has 0 N–H and O–H groups in total. The predicted octanol–water partition coefficient (Wildman–Crippen LogP) is 1.82. The van der Waals surface area contributed by atoms with E-state index in [9.17, 15) is 9.59 Å². The topological polar surface area (TPSA) is 66.0 Å². The third-order valence-electron chi connectivity index (χ3n) is 4.98. The molecule has 2 unspecified atom stereocenters. The molecule has 2 amide bonds. The fourth-order valence-corrected chi connectivity index (χ4v) is 3.33. The molecule has 2 heterocycles. The van der Waals surface area contributed by atoms with Crippen LogP contribution in [-0.2, 0) is 9.59 Å². The van der Waals surface area contributed by atoms with Crippen LogP contribution in [0.2, 0.25) is 0 Å². The molecule has 1 aliphatic rings. The number of hydrogen-bond acceptors (Lipinski definition) is 5. The van der Waals surface area contributed by atoms with Gasteiger partial charge in [-0.3, -0.25) is 14.6 Å². The molecule has 0 radical (unpaired) electrons. The molecule has 0 spiro atoms. The number of likely N-dealkylation sites (N-methyl/N-ethyl adjacent to an activating group) is 1. The van der Waals surface area contributed by atoms with Crippen molar-refractivity contribution in [1.29, 1.82) is 0 Å². The molecule has 1 saturated heterocycles. The first-order chi connectivity index (χ1) is 14.0. The van der Waals surface area contributed by atoms with Crippen molar-refractivity contribution in [2.45, 2.75) is 18.6 Å². The third kappa shape index (κ3) is 5.12. The normalized spacial score (nSPS) is 18.5. The molecular formula is C22H28N4O3. The number of hydrogen-bond donors (Lipinski definition) is 0. The van der Waals surface area contributed by atoms with Crippen LogP contribution < -0.4 is 4.74 Å². The van der Waals surface area contributed by atoms with Crippen molar-refractivity contribution in [2.24, 2.45) is 0 Å². The van der Waals surface area contributed by atoms with Gasteiger partial charge in [-0.25, -0.2) is 0 Å². The maximum absolute atomic E-state index is 12.8. The molecule has 0 bridgehead atoms. The quantitative estimate of drug-likeness (QED) is 0.605. The summed E-state index contributed by atoms with van der Waals surface area (Å²) in [5.74, 6) is 0.342. The average molecular weight is 396 g/mol. The van der Waals surface area contributed by atoms with Crippen LogP contribution in [0.3, 0.4) is 0 Å². The van der Waals surface area contributed by atoms with Gasteiger partial charge in [-0.15, -0.1) is 0 Å². The zero-order valence-corrected chi connectivity index (χ0v) is 17.2. The number of carbonyl (C=O) groups excluding carboxylic acids is 2. The van der Waals surface area contributed by atoms with Crippen molar-refractivity contribution in [1.82, 2.24) is 19.7 Å². The van der Waals surface area contributed by atoms with Gasteiger partial charge in [0.15, 0.2) is 0 Å². The van der Waals surface area contributed by atoms with Gasteiger partial charge in [0, 0.05) is 19.8 Å². The number of carbonyl (C=O) groups is 2. The zero-order chi connectivity index (χ0) is 20.8. The van der Waals surface area contributed by atoms with Gasteiger partial charge >= 0.3 is 0 Å². The molecule has 154 valence electrons. The number of para-hydroxylation sites is 1. The van der Waals surface area contributed by atoms with Gasteiger partial charge in [0.1, 0.15) is 18.3 Å². The number of nitrogens with zero attached hydrogens (tertiary/aromatic N) is 4. The highest BCUT2D eigenvalue weighted by Crippen LogP contribution is 2.36. The number of pyridine rings is 1. The third-order valence-corrected chi connectivity index (χ3v) is 4.98. The van der Waals surface area contributed by atoms with E-state index in [1.54, 1.807) is 23.0 Å². The summed E-state index contributed by atoms with van der Waals surface area (Å²) in [4.78, 5) is 35.2. The summed E-state index contributed by atoms with van der Waals surface area (Å²) < 4.78 is 5.93. The number of aromatic nitrogens is 1. The number of benzene rings is 1. The van der Waals surface area contributed by atoms with E-state index in [1.165, 1.54) is 0 Å².